The van der Waals surface area contributed by atoms with Gasteiger partial charge in [0.25, 0.3) is 0 Å². The van der Waals surface area contributed by atoms with Crippen LogP contribution < -0.4 is 10.5 Å². The summed E-state index contributed by atoms with van der Waals surface area (Å²) in [5.41, 5.74) is 6.20. The summed E-state index contributed by atoms with van der Waals surface area (Å²) in [6, 6.07) is 12.7. The smallest absolute Gasteiger partial charge is 0.416 e. The summed E-state index contributed by atoms with van der Waals surface area (Å²) in [5.74, 6) is 0.500. The Morgan fingerprint density at radius 1 is 1.06 bits per heavy atom. The highest BCUT2D eigenvalue weighted by atomic mass is 19.4. The first-order chi connectivity index (χ1) is 16.5. The third-order valence-electron chi connectivity index (χ3n) is 5.57. The Hall–Kier alpha value is -3.23. The molecule has 3 rings (SSSR count). The second-order valence-corrected chi connectivity index (χ2v) is 9.06. The molecule has 9 heteroatoms. The van der Waals surface area contributed by atoms with Gasteiger partial charge in [-0.15, -0.1) is 0 Å². The van der Waals surface area contributed by atoms with E-state index in [0.29, 0.717) is 31.2 Å². The molecule has 2 aromatic rings. The quantitative estimate of drug-likeness (QED) is 0.289. The first-order valence-electron chi connectivity index (χ1n) is 11.7. The number of benzene rings is 2. The standard InChI is InChI=1S/C26H32F3N3O3/c1-4-34-23(33)25(2,3)35-22-13-7-18(8-14-22)15-16-32(24(30)31-21-11-12-21)17-19-5-9-20(10-6-19)26(27,28)29/h5-10,13-14,21H,4,11-12,15-17H2,1-3H3,(H2,30,31). The van der Waals surface area contributed by atoms with Crippen LogP contribution in [-0.4, -0.2) is 41.6 Å². The van der Waals surface area contributed by atoms with Crippen LogP contribution in [0.3, 0.4) is 0 Å². The van der Waals surface area contributed by atoms with Crippen molar-refractivity contribution in [3.05, 3.63) is 65.2 Å². The van der Waals surface area contributed by atoms with Crippen LogP contribution in [0, 0.1) is 0 Å². The van der Waals surface area contributed by atoms with Crippen molar-refractivity contribution in [3.8, 4) is 5.75 Å². The van der Waals surface area contributed by atoms with Crippen molar-refractivity contribution < 1.29 is 27.4 Å². The van der Waals surface area contributed by atoms with Gasteiger partial charge in [-0.1, -0.05) is 24.3 Å². The van der Waals surface area contributed by atoms with Crippen molar-refractivity contribution >= 4 is 11.9 Å². The van der Waals surface area contributed by atoms with Crippen LogP contribution in [0.5, 0.6) is 5.75 Å². The Labute approximate surface area is 203 Å². The van der Waals surface area contributed by atoms with E-state index in [1.54, 1.807) is 32.9 Å². The van der Waals surface area contributed by atoms with Crippen LogP contribution in [0.25, 0.3) is 0 Å². The summed E-state index contributed by atoms with van der Waals surface area (Å²) < 4.78 is 49.5. The monoisotopic (exact) mass is 491 g/mol. The molecule has 1 aliphatic rings. The molecule has 0 heterocycles. The maximum absolute atomic E-state index is 12.9. The Bertz CT molecular complexity index is 1010. The van der Waals surface area contributed by atoms with Gasteiger partial charge in [0.15, 0.2) is 11.6 Å². The van der Waals surface area contributed by atoms with Crippen molar-refractivity contribution in [2.45, 2.75) is 64.4 Å². The van der Waals surface area contributed by atoms with Gasteiger partial charge in [0.05, 0.1) is 18.2 Å². The lowest BCUT2D eigenvalue weighted by atomic mass is 10.1. The molecule has 0 aromatic heterocycles. The lowest BCUT2D eigenvalue weighted by molar-refractivity contribution is -0.158. The molecule has 0 spiro atoms. The number of rotatable bonds is 10. The molecule has 0 amide bonds. The third kappa shape index (κ3) is 7.90. The average molecular weight is 492 g/mol. The highest BCUT2D eigenvalue weighted by molar-refractivity contribution is 5.79. The number of ether oxygens (including phenoxy) is 2. The normalized spacial score (nSPS) is 14.5. The minimum absolute atomic E-state index is 0.226. The van der Waals surface area contributed by atoms with Crippen LogP contribution >= 0.6 is 0 Å². The van der Waals surface area contributed by atoms with Crippen molar-refractivity contribution in [2.24, 2.45) is 10.7 Å². The number of halogens is 3. The Balaban J connectivity index is 1.64. The number of hydrogen-bond acceptors (Lipinski definition) is 4. The molecule has 0 radical (unpaired) electrons. The zero-order valence-corrected chi connectivity index (χ0v) is 20.3. The SMILES string of the molecule is CCOC(=O)C(C)(C)Oc1ccc(CCN(Cc2ccc(C(F)(F)F)cc2)C(N)=NC2CC2)cc1. The molecule has 6 nitrogen and oxygen atoms in total. The average Bonchev–Trinajstić information content (AvgIpc) is 3.61. The number of guanidine groups is 1. The van der Waals surface area contributed by atoms with Crippen LogP contribution in [-0.2, 0) is 28.7 Å². The van der Waals surface area contributed by atoms with Gasteiger partial charge in [-0.3, -0.25) is 0 Å². The minimum atomic E-state index is -4.37. The van der Waals surface area contributed by atoms with Crippen LogP contribution in [0.4, 0.5) is 13.2 Å². The second kappa shape index (κ2) is 11.0. The second-order valence-electron chi connectivity index (χ2n) is 9.06. The number of aliphatic imine (C=N–C) groups is 1. The van der Waals surface area contributed by atoms with Gasteiger partial charge < -0.3 is 20.1 Å². The molecule has 1 saturated carbocycles. The van der Waals surface area contributed by atoms with Gasteiger partial charge in [0, 0.05) is 13.1 Å². The summed E-state index contributed by atoms with van der Waals surface area (Å²) in [6.07, 6.45) is -1.73. The fraction of sp³-hybridized carbons (Fsp3) is 0.462. The van der Waals surface area contributed by atoms with E-state index >= 15 is 0 Å². The third-order valence-corrected chi connectivity index (χ3v) is 5.57. The molecule has 1 fully saturated rings. The molecule has 0 atom stereocenters. The van der Waals surface area contributed by atoms with Crippen LogP contribution in [0.2, 0.25) is 0 Å². The number of carbonyl (C=O) groups excluding carboxylic acids is 1. The summed E-state index contributed by atoms with van der Waals surface area (Å²) in [7, 11) is 0. The Morgan fingerprint density at radius 3 is 2.20 bits per heavy atom. The predicted molar refractivity (Wildman–Crippen MR) is 128 cm³/mol. The van der Waals surface area contributed by atoms with E-state index in [-0.39, 0.29) is 12.6 Å². The molecule has 2 N–H and O–H groups in total. The van der Waals surface area contributed by atoms with E-state index in [9.17, 15) is 18.0 Å². The molecular weight excluding hydrogens is 459 g/mol. The van der Waals surface area contributed by atoms with Gasteiger partial charge in [-0.05, 0) is 75.4 Å². The van der Waals surface area contributed by atoms with Gasteiger partial charge >= 0.3 is 12.1 Å². The van der Waals surface area contributed by atoms with Crippen molar-refractivity contribution in [1.29, 1.82) is 0 Å². The van der Waals surface area contributed by atoms with E-state index in [0.717, 1.165) is 36.1 Å². The van der Waals surface area contributed by atoms with Gasteiger partial charge in [0.2, 0.25) is 0 Å². The van der Waals surface area contributed by atoms with E-state index in [2.05, 4.69) is 4.99 Å². The largest absolute Gasteiger partial charge is 0.476 e. The van der Waals surface area contributed by atoms with Gasteiger partial charge in [-0.25, -0.2) is 9.79 Å². The van der Waals surface area contributed by atoms with E-state index in [1.165, 1.54) is 12.1 Å². The first kappa shape index (κ1) is 26.4. The predicted octanol–water partition coefficient (Wildman–Crippen LogP) is 4.95. The number of alkyl halides is 3. The van der Waals surface area contributed by atoms with Gasteiger partial charge in [-0.2, -0.15) is 13.2 Å². The van der Waals surface area contributed by atoms with Crippen molar-refractivity contribution in [2.75, 3.05) is 13.2 Å². The molecule has 35 heavy (non-hydrogen) atoms. The summed E-state index contributed by atoms with van der Waals surface area (Å²) in [6.45, 7) is 6.22. The highest BCUT2D eigenvalue weighted by Crippen LogP contribution is 2.29. The van der Waals surface area contributed by atoms with E-state index in [4.69, 9.17) is 15.2 Å². The minimum Gasteiger partial charge on any atom is -0.476 e. The molecule has 0 aliphatic heterocycles. The van der Waals surface area contributed by atoms with Crippen LogP contribution in [0.1, 0.15) is 50.3 Å². The summed E-state index contributed by atoms with van der Waals surface area (Å²) in [5, 5.41) is 0. The number of nitrogens with zero attached hydrogens (tertiary/aromatic N) is 2. The number of esters is 1. The lowest BCUT2D eigenvalue weighted by Gasteiger charge is -2.25. The van der Waals surface area contributed by atoms with Crippen molar-refractivity contribution in [1.82, 2.24) is 4.90 Å². The molecule has 0 bridgehead atoms. The van der Waals surface area contributed by atoms with Gasteiger partial charge in [0.1, 0.15) is 5.75 Å². The first-order valence-corrected chi connectivity index (χ1v) is 11.7. The topological polar surface area (TPSA) is 77.2 Å². The molecule has 0 saturated heterocycles. The zero-order valence-electron chi connectivity index (χ0n) is 20.3. The Morgan fingerprint density at radius 2 is 1.66 bits per heavy atom. The maximum atomic E-state index is 12.9. The fourth-order valence-corrected chi connectivity index (χ4v) is 3.40. The van der Waals surface area contributed by atoms with E-state index < -0.39 is 23.3 Å². The number of nitrogens with two attached hydrogens (primary N) is 1. The number of hydrogen-bond donors (Lipinski definition) is 1. The zero-order chi connectivity index (χ0) is 25.6. The fourth-order valence-electron chi connectivity index (χ4n) is 3.40. The Kier molecular flexibility index (Phi) is 8.30. The van der Waals surface area contributed by atoms with Crippen LogP contribution in [0.15, 0.2) is 53.5 Å². The summed E-state index contributed by atoms with van der Waals surface area (Å²) >= 11 is 0. The molecule has 1 aliphatic carbocycles. The maximum Gasteiger partial charge on any atom is 0.416 e. The molecule has 2 aromatic carbocycles. The lowest BCUT2D eigenvalue weighted by Crippen LogP contribution is -2.39. The van der Waals surface area contributed by atoms with Crippen molar-refractivity contribution in [3.63, 3.8) is 0 Å². The molecule has 190 valence electrons. The summed E-state index contributed by atoms with van der Waals surface area (Å²) in [4.78, 5) is 18.4. The van der Waals surface area contributed by atoms with E-state index in [1.807, 2.05) is 17.0 Å². The number of carbonyl (C=O) groups is 1. The molecular formula is C26H32F3N3O3. The molecule has 0 unspecified atom stereocenters. The highest BCUT2D eigenvalue weighted by Gasteiger charge is 2.32.